The zero-order valence-electron chi connectivity index (χ0n) is 16.7. The largest absolute Gasteiger partial charge is 0.321 e. The normalized spacial score (nSPS) is 12.7. The second-order valence-electron chi connectivity index (χ2n) is 7.14. The number of hydrogen-bond donors (Lipinski definition) is 1. The van der Waals surface area contributed by atoms with Crippen LogP contribution in [0.4, 0.5) is 5.69 Å². The van der Waals surface area contributed by atoms with Gasteiger partial charge in [-0.15, -0.1) is 0 Å². The van der Waals surface area contributed by atoms with E-state index in [0.717, 1.165) is 0 Å². The number of anilines is 1. The monoisotopic (exact) mass is 424 g/mol. The second-order valence-corrected chi connectivity index (χ2v) is 7.14. The van der Waals surface area contributed by atoms with Crippen molar-refractivity contribution in [3.63, 3.8) is 0 Å². The van der Waals surface area contributed by atoms with E-state index in [4.69, 9.17) is 0 Å². The van der Waals surface area contributed by atoms with Gasteiger partial charge < -0.3 is 5.32 Å². The molecule has 1 aliphatic rings. The minimum Gasteiger partial charge on any atom is -0.321 e. The minimum atomic E-state index is -0.334. The Morgan fingerprint density at radius 3 is 2.38 bits per heavy atom. The Balaban J connectivity index is 1.29. The molecular weight excluding hydrogens is 408 g/mol. The van der Waals surface area contributed by atoms with Crippen LogP contribution < -0.4 is 5.32 Å². The van der Waals surface area contributed by atoms with Crippen molar-refractivity contribution in [2.24, 2.45) is 0 Å². The quantitative estimate of drug-likeness (QED) is 0.493. The Morgan fingerprint density at radius 1 is 0.938 bits per heavy atom. The molecule has 0 spiro atoms. The molecule has 4 aromatic rings. The van der Waals surface area contributed by atoms with Gasteiger partial charge in [-0.05, 0) is 42.0 Å². The Morgan fingerprint density at radius 2 is 1.72 bits per heavy atom. The van der Waals surface area contributed by atoms with Crippen molar-refractivity contribution in [2.45, 2.75) is 6.54 Å². The number of nitrogens with one attached hydrogen (secondary N) is 1. The topological polar surface area (TPSA) is 110 Å². The van der Waals surface area contributed by atoms with E-state index in [2.05, 4.69) is 20.4 Å². The predicted octanol–water partition coefficient (Wildman–Crippen LogP) is 2.71. The van der Waals surface area contributed by atoms with E-state index in [1.54, 1.807) is 60.7 Å². The van der Waals surface area contributed by atoms with Crippen molar-refractivity contribution in [1.29, 1.82) is 0 Å². The average Bonchev–Trinajstić information content (AvgIpc) is 3.44. The second kappa shape index (κ2) is 7.88. The maximum atomic E-state index is 12.7. The molecule has 9 nitrogen and oxygen atoms in total. The summed E-state index contributed by atoms with van der Waals surface area (Å²) in [6.07, 6.45) is 4.46. The average molecular weight is 424 g/mol. The van der Waals surface area contributed by atoms with Crippen LogP contribution in [0.2, 0.25) is 0 Å². The maximum Gasteiger partial charge on any atom is 0.261 e. The van der Waals surface area contributed by atoms with Crippen LogP contribution in [0.3, 0.4) is 0 Å². The van der Waals surface area contributed by atoms with Crippen LogP contribution in [0.15, 0.2) is 79.5 Å². The molecule has 2 aromatic heterocycles. The maximum absolute atomic E-state index is 12.7. The molecule has 0 unspecified atom stereocenters. The fourth-order valence-electron chi connectivity index (χ4n) is 3.50. The van der Waals surface area contributed by atoms with Crippen LogP contribution in [0.1, 0.15) is 36.6 Å². The molecule has 0 fully saturated rings. The van der Waals surface area contributed by atoms with E-state index in [-0.39, 0.29) is 24.3 Å². The zero-order valence-corrected chi connectivity index (χ0v) is 16.7. The van der Waals surface area contributed by atoms with Gasteiger partial charge >= 0.3 is 0 Å². The zero-order chi connectivity index (χ0) is 22.1. The van der Waals surface area contributed by atoms with Gasteiger partial charge in [0.25, 0.3) is 17.7 Å². The highest BCUT2D eigenvalue weighted by Crippen LogP contribution is 2.24. The van der Waals surface area contributed by atoms with Gasteiger partial charge in [-0.1, -0.05) is 24.3 Å². The lowest BCUT2D eigenvalue weighted by molar-refractivity contribution is 0.0642. The Bertz CT molecular complexity index is 1300. The van der Waals surface area contributed by atoms with Gasteiger partial charge in [-0.25, -0.2) is 14.6 Å². The Hall–Kier alpha value is -4.66. The van der Waals surface area contributed by atoms with Crippen molar-refractivity contribution in [2.75, 3.05) is 5.32 Å². The molecule has 5 rings (SSSR count). The molecule has 2 aromatic carbocycles. The molecule has 1 aliphatic heterocycles. The minimum absolute atomic E-state index is 0.0849. The third-order valence-corrected chi connectivity index (χ3v) is 5.07. The van der Waals surface area contributed by atoms with Crippen LogP contribution in [0.5, 0.6) is 0 Å². The third-order valence-electron chi connectivity index (χ3n) is 5.07. The number of carbonyl (C=O) groups is 3. The van der Waals surface area contributed by atoms with Crippen molar-refractivity contribution >= 4 is 23.4 Å². The highest BCUT2D eigenvalue weighted by Gasteiger charge is 2.34. The smallest absolute Gasteiger partial charge is 0.261 e. The molecule has 0 saturated heterocycles. The summed E-state index contributed by atoms with van der Waals surface area (Å²) in [5, 5.41) is 6.79. The first kappa shape index (κ1) is 19.3. The number of hydrogen-bond acceptors (Lipinski definition) is 6. The van der Waals surface area contributed by atoms with E-state index in [1.165, 1.54) is 28.4 Å². The summed E-state index contributed by atoms with van der Waals surface area (Å²) >= 11 is 0. The summed E-state index contributed by atoms with van der Waals surface area (Å²) in [5.41, 5.74) is 2.39. The van der Waals surface area contributed by atoms with Gasteiger partial charge in [0.05, 0.1) is 29.6 Å². The molecule has 156 valence electrons. The summed E-state index contributed by atoms with van der Waals surface area (Å²) in [6, 6.07) is 17.0. The lowest BCUT2D eigenvalue weighted by Gasteiger charge is -2.14. The number of nitrogens with zero attached hydrogens (tertiary/aromatic N) is 5. The molecule has 0 bridgehead atoms. The first-order valence-corrected chi connectivity index (χ1v) is 9.77. The van der Waals surface area contributed by atoms with Crippen molar-refractivity contribution in [3.05, 3.63) is 102 Å². The van der Waals surface area contributed by atoms with E-state index in [9.17, 15) is 14.4 Å². The van der Waals surface area contributed by atoms with Gasteiger partial charge in [0, 0.05) is 5.56 Å². The molecule has 0 aliphatic carbocycles. The number of aromatic nitrogens is 4. The van der Waals surface area contributed by atoms with E-state index >= 15 is 0 Å². The lowest BCUT2D eigenvalue weighted by Crippen LogP contribution is -2.29. The number of amides is 3. The van der Waals surface area contributed by atoms with Gasteiger partial charge in [-0.3, -0.25) is 19.3 Å². The Kier molecular flexibility index (Phi) is 4.75. The number of pyridine rings is 1. The lowest BCUT2D eigenvalue weighted by atomic mass is 10.1. The van der Waals surface area contributed by atoms with Crippen LogP contribution in [0.25, 0.3) is 5.82 Å². The fourth-order valence-corrected chi connectivity index (χ4v) is 3.50. The SMILES string of the molecule is O=C(Nc1ccc(-n2cncn2)nc1)c1cccc(CN2C(=O)c3ccccc3C2=O)c1. The van der Waals surface area contributed by atoms with E-state index in [1.807, 2.05) is 0 Å². The number of rotatable bonds is 5. The Labute approximate surface area is 182 Å². The predicted molar refractivity (Wildman–Crippen MR) is 114 cm³/mol. The standard InChI is InChI=1S/C23H16N6O3/c30-21(27-17-8-9-20(25-11-17)29-14-24-13-26-29)16-5-3-4-15(10-16)12-28-22(31)18-6-1-2-7-19(18)23(28)32/h1-11,13-14H,12H2,(H,27,30). The molecule has 0 atom stereocenters. The van der Waals surface area contributed by atoms with E-state index in [0.29, 0.717) is 33.8 Å². The fraction of sp³-hybridized carbons (Fsp3) is 0.0435. The van der Waals surface area contributed by atoms with Crippen LogP contribution >= 0.6 is 0 Å². The first-order chi connectivity index (χ1) is 15.6. The molecule has 9 heteroatoms. The summed E-state index contributed by atoms with van der Waals surface area (Å²) in [7, 11) is 0. The van der Waals surface area contributed by atoms with Gasteiger partial charge in [0.15, 0.2) is 5.82 Å². The number of imide groups is 1. The highest BCUT2D eigenvalue weighted by atomic mass is 16.2. The van der Waals surface area contributed by atoms with E-state index < -0.39 is 0 Å². The molecule has 3 amide bonds. The molecule has 32 heavy (non-hydrogen) atoms. The summed E-state index contributed by atoms with van der Waals surface area (Å²) in [4.78, 5) is 47.2. The van der Waals surface area contributed by atoms with Crippen LogP contribution in [0, 0.1) is 0 Å². The number of benzene rings is 2. The number of fused-ring (bicyclic) bond motifs is 1. The summed E-state index contributed by atoms with van der Waals surface area (Å²) in [5.74, 6) is -0.425. The van der Waals surface area contributed by atoms with Crippen LogP contribution in [-0.2, 0) is 6.54 Å². The summed E-state index contributed by atoms with van der Waals surface area (Å²) in [6.45, 7) is 0.0849. The van der Waals surface area contributed by atoms with Gasteiger partial charge in [-0.2, -0.15) is 5.10 Å². The highest BCUT2D eigenvalue weighted by molar-refractivity contribution is 6.21. The van der Waals surface area contributed by atoms with Crippen molar-refractivity contribution < 1.29 is 14.4 Å². The molecule has 0 radical (unpaired) electrons. The van der Waals surface area contributed by atoms with Gasteiger partial charge in [0.1, 0.15) is 12.7 Å². The molecule has 3 heterocycles. The first-order valence-electron chi connectivity index (χ1n) is 9.77. The van der Waals surface area contributed by atoms with Gasteiger partial charge in [0.2, 0.25) is 0 Å². The molecule has 1 N–H and O–H groups in total. The van der Waals surface area contributed by atoms with Crippen molar-refractivity contribution in [3.8, 4) is 5.82 Å². The van der Waals surface area contributed by atoms with Crippen LogP contribution in [-0.4, -0.2) is 42.4 Å². The molecular formula is C23H16N6O3. The third kappa shape index (κ3) is 3.52. The summed E-state index contributed by atoms with van der Waals surface area (Å²) < 4.78 is 1.51. The van der Waals surface area contributed by atoms with Crippen molar-refractivity contribution in [1.82, 2.24) is 24.6 Å². The number of carbonyl (C=O) groups excluding carboxylic acids is 3. The molecule has 0 saturated carbocycles.